The number of carbonyl (C=O) groups excluding carboxylic acids is 1. The van der Waals surface area contributed by atoms with Crippen molar-refractivity contribution in [3.8, 4) is 0 Å². The number of carbonyl (C=O) groups is 2. The molecule has 7 heteroatoms. The summed E-state index contributed by atoms with van der Waals surface area (Å²) in [5.41, 5.74) is 0.656. The van der Waals surface area contributed by atoms with E-state index in [2.05, 4.69) is 10.3 Å². The Balaban J connectivity index is 1.84. The van der Waals surface area contributed by atoms with Gasteiger partial charge in [0.25, 0.3) is 0 Å². The Labute approximate surface area is 122 Å². The van der Waals surface area contributed by atoms with Crippen LogP contribution < -0.4 is 5.32 Å². The predicted molar refractivity (Wildman–Crippen MR) is 76.8 cm³/mol. The lowest BCUT2D eigenvalue weighted by molar-refractivity contribution is -0.131. The minimum Gasteiger partial charge on any atom is -0.478 e. The molecule has 0 spiro atoms. The highest BCUT2D eigenvalue weighted by Gasteiger charge is 2.14. The van der Waals surface area contributed by atoms with Gasteiger partial charge in [0.15, 0.2) is 0 Å². The number of aliphatic carboxylic acids is 1. The van der Waals surface area contributed by atoms with Gasteiger partial charge in [0.05, 0.1) is 19.8 Å². The van der Waals surface area contributed by atoms with Crippen LogP contribution in [0.15, 0.2) is 24.4 Å². The van der Waals surface area contributed by atoms with Gasteiger partial charge < -0.3 is 15.2 Å². The average Bonchev–Trinajstić information content (AvgIpc) is 2.47. The molecule has 0 bridgehead atoms. The number of ether oxygens (including phenoxy) is 1. The van der Waals surface area contributed by atoms with Crippen LogP contribution in [0.3, 0.4) is 0 Å². The highest BCUT2D eigenvalue weighted by Crippen LogP contribution is 2.07. The molecular weight excluding hydrogens is 274 g/mol. The second-order valence-electron chi connectivity index (χ2n) is 4.59. The first-order chi connectivity index (χ1) is 10.1. The molecule has 1 aliphatic heterocycles. The second kappa shape index (κ2) is 7.51. The highest BCUT2D eigenvalue weighted by molar-refractivity contribution is 5.91. The molecule has 1 aliphatic rings. The van der Waals surface area contributed by atoms with Crippen molar-refractivity contribution in [3.63, 3.8) is 0 Å². The molecule has 21 heavy (non-hydrogen) atoms. The second-order valence-corrected chi connectivity index (χ2v) is 4.59. The van der Waals surface area contributed by atoms with E-state index in [0.29, 0.717) is 31.1 Å². The van der Waals surface area contributed by atoms with Crippen molar-refractivity contribution >= 4 is 23.8 Å². The summed E-state index contributed by atoms with van der Waals surface area (Å²) in [5, 5.41) is 11.2. The smallest absolute Gasteiger partial charge is 0.328 e. The van der Waals surface area contributed by atoms with Gasteiger partial charge in [0.2, 0.25) is 5.91 Å². The summed E-state index contributed by atoms with van der Waals surface area (Å²) in [5.74, 6) is -0.697. The van der Waals surface area contributed by atoms with Crippen LogP contribution in [0, 0.1) is 0 Å². The monoisotopic (exact) mass is 291 g/mol. The van der Waals surface area contributed by atoms with E-state index in [1.807, 2.05) is 4.90 Å². The minimum atomic E-state index is -1.02. The van der Waals surface area contributed by atoms with Crippen LogP contribution >= 0.6 is 0 Å². The number of carboxylic acid groups (broad SMARTS) is 1. The number of rotatable bonds is 5. The summed E-state index contributed by atoms with van der Waals surface area (Å²) in [6.45, 7) is 3.11. The third kappa shape index (κ3) is 5.33. The van der Waals surface area contributed by atoms with Crippen molar-refractivity contribution in [2.75, 3.05) is 38.2 Å². The zero-order chi connectivity index (χ0) is 15.1. The lowest BCUT2D eigenvalue weighted by Crippen LogP contribution is -2.41. The normalized spacial score (nSPS) is 16.0. The Kier molecular flexibility index (Phi) is 5.42. The number of hydrogen-bond acceptors (Lipinski definition) is 5. The van der Waals surface area contributed by atoms with Crippen molar-refractivity contribution in [2.45, 2.75) is 0 Å². The minimum absolute atomic E-state index is 0.127. The van der Waals surface area contributed by atoms with Crippen molar-refractivity contribution in [3.05, 3.63) is 30.0 Å². The Hall–Kier alpha value is -2.25. The lowest BCUT2D eigenvalue weighted by Gasteiger charge is -2.25. The molecule has 0 atom stereocenters. The first kappa shape index (κ1) is 15.1. The van der Waals surface area contributed by atoms with Gasteiger partial charge in [0.1, 0.15) is 5.82 Å². The molecule has 2 rings (SSSR count). The molecule has 1 aromatic heterocycles. The van der Waals surface area contributed by atoms with Crippen molar-refractivity contribution in [1.29, 1.82) is 0 Å². The lowest BCUT2D eigenvalue weighted by atomic mass is 10.2. The molecule has 2 heterocycles. The first-order valence-corrected chi connectivity index (χ1v) is 6.60. The van der Waals surface area contributed by atoms with Gasteiger partial charge >= 0.3 is 5.97 Å². The van der Waals surface area contributed by atoms with E-state index in [4.69, 9.17) is 9.84 Å². The average molecular weight is 291 g/mol. The van der Waals surface area contributed by atoms with E-state index >= 15 is 0 Å². The molecule has 0 unspecified atom stereocenters. The molecule has 0 saturated carbocycles. The van der Waals surface area contributed by atoms with E-state index in [0.717, 1.165) is 19.2 Å². The molecule has 1 aromatic rings. The highest BCUT2D eigenvalue weighted by atomic mass is 16.5. The van der Waals surface area contributed by atoms with Crippen LogP contribution in [-0.4, -0.2) is 59.7 Å². The number of morpholine rings is 1. The molecule has 1 fully saturated rings. The number of aromatic nitrogens is 1. The Morgan fingerprint density at radius 1 is 1.38 bits per heavy atom. The van der Waals surface area contributed by atoms with Gasteiger partial charge in [-0.15, -0.1) is 0 Å². The third-order valence-electron chi connectivity index (χ3n) is 2.94. The predicted octanol–water partition coefficient (Wildman–Crippen LogP) is 0.450. The van der Waals surface area contributed by atoms with Crippen LogP contribution in [0.5, 0.6) is 0 Å². The van der Waals surface area contributed by atoms with Crippen LogP contribution in [0.25, 0.3) is 6.08 Å². The maximum atomic E-state index is 11.9. The zero-order valence-corrected chi connectivity index (χ0v) is 11.5. The summed E-state index contributed by atoms with van der Waals surface area (Å²) in [6, 6.07) is 3.33. The van der Waals surface area contributed by atoms with Gasteiger partial charge in [-0.2, -0.15) is 0 Å². The number of nitrogens with one attached hydrogen (secondary N) is 1. The van der Waals surface area contributed by atoms with E-state index in [1.165, 1.54) is 12.3 Å². The Bertz CT molecular complexity index is 522. The van der Waals surface area contributed by atoms with E-state index in [-0.39, 0.29) is 5.91 Å². The molecular formula is C14H17N3O4. The Morgan fingerprint density at radius 3 is 2.76 bits per heavy atom. The molecule has 1 saturated heterocycles. The first-order valence-electron chi connectivity index (χ1n) is 6.60. The summed E-state index contributed by atoms with van der Waals surface area (Å²) in [7, 11) is 0. The summed E-state index contributed by atoms with van der Waals surface area (Å²) in [6.07, 6.45) is 3.98. The van der Waals surface area contributed by atoms with Gasteiger partial charge in [-0.05, 0) is 23.8 Å². The molecule has 0 aromatic carbocycles. The topological polar surface area (TPSA) is 91.8 Å². The van der Waals surface area contributed by atoms with Crippen molar-refractivity contribution < 1.29 is 19.4 Å². The van der Waals surface area contributed by atoms with Gasteiger partial charge in [-0.25, -0.2) is 9.78 Å². The van der Waals surface area contributed by atoms with Gasteiger partial charge in [-0.3, -0.25) is 9.69 Å². The molecule has 2 N–H and O–H groups in total. The number of pyridine rings is 1. The molecule has 0 radical (unpaired) electrons. The molecule has 1 amide bonds. The third-order valence-corrected chi connectivity index (χ3v) is 2.94. The van der Waals surface area contributed by atoms with Gasteiger partial charge in [0, 0.05) is 25.4 Å². The largest absolute Gasteiger partial charge is 0.478 e. The number of anilines is 1. The standard InChI is InChI=1S/C14H17N3O4/c18-13(10-17-5-7-21-8-6-17)16-12-3-1-11(9-15-12)2-4-14(19)20/h1-4,9H,5-8,10H2,(H,19,20)(H,15,16,18). The molecule has 7 nitrogen and oxygen atoms in total. The SMILES string of the molecule is O=C(O)C=Cc1ccc(NC(=O)CN2CCOCC2)nc1. The molecule has 0 aliphatic carbocycles. The quantitative estimate of drug-likeness (QED) is 0.765. The van der Waals surface area contributed by atoms with E-state index in [1.54, 1.807) is 12.1 Å². The van der Waals surface area contributed by atoms with Crippen LogP contribution in [-0.2, 0) is 14.3 Å². The van der Waals surface area contributed by atoms with Crippen LogP contribution in [0.2, 0.25) is 0 Å². The number of nitrogens with zero attached hydrogens (tertiary/aromatic N) is 2. The maximum absolute atomic E-state index is 11.9. The van der Waals surface area contributed by atoms with Gasteiger partial charge in [-0.1, -0.05) is 0 Å². The van der Waals surface area contributed by atoms with Crippen molar-refractivity contribution in [2.24, 2.45) is 0 Å². The number of hydrogen-bond donors (Lipinski definition) is 2. The Morgan fingerprint density at radius 2 is 2.14 bits per heavy atom. The summed E-state index contributed by atoms with van der Waals surface area (Å²) >= 11 is 0. The zero-order valence-electron chi connectivity index (χ0n) is 11.5. The number of amides is 1. The van der Waals surface area contributed by atoms with E-state index in [9.17, 15) is 9.59 Å². The maximum Gasteiger partial charge on any atom is 0.328 e. The fourth-order valence-electron chi connectivity index (χ4n) is 1.89. The van der Waals surface area contributed by atoms with Crippen LogP contribution in [0.1, 0.15) is 5.56 Å². The summed E-state index contributed by atoms with van der Waals surface area (Å²) in [4.78, 5) is 28.3. The fourth-order valence-corrected chi connectivity index (χ4v) is 1.89. The fraction of sp³-hybridized carbons (Fsp3) is 0.357. The molecule has 112 valence electrons. The number of carboxylic acids is 1. The van der Waals surface area contributed by atoms with Crippen molar-refractivity contribution in [1.82, 2.24) is 9.88 Å². The van der Waals surface area contributed by atoms with E-state index < -0.39 is 5.97 Å². The van der Waals surface area contributed by atoms with Crippen LogP contribution in [0.4, 0.5) is 5.82 Å². The summed E-state index contributed by atoms with van der Waals surface area (Å²) < 4.78 is 5.22.